The first-order valence-electron chi connectivity index (χ1n) is 8.74. The largest absolute Gasteiger partial charge is 0.352 e. The maximum atomic E-state index is 13.7. The lowest BCUT2D eigenvalue weighted by atomic mass is 9.77. The number of nitrogens with zero attached hydrogens (tertiary/aromatic N) is 1. The number of rotatable bonds is 6. The first kappa shape index (κ1) is 18.4. The minimum absolute atomic E-state index is 0.0370. The van der Waals surface area contributed by atoms with E-state index in [1.807, 2.05) is 26.8 Å². The molecule has 1 aliphatic carbocycles. The summed E-state index contributed by atoms with van der Waals surface area (Å²) >= 11 is 0. The lowest BCUT2D eigenvalue weighted by Crippen LogP contribution is -2.49. The lowest BCUT2D eigenvalue weighted by Gasteiger charge is -2.34. The van der Waals surface area contributed by atoms with Gasteiger partial charge in [0.1, 0.15) is 5.82 Å². The Morgan fingerprint density at radius 3 is 2.50 bits per heavy atom. The zero-order valence-electron chi connectivity index (χ0n) is 14.8. The Hall–Kier alpha value is -1.91. The van der Waals surface area contributed by atoms with Crippen molar-refractivity contribution in [1.29, 1.82) is 0 Å². The molecule has 0 unspecified atom stereocenters. The van der Waals surface area contributed by atoms with Crippen LogP contribution in [0.1, 0.15) is 52.0 Å². The smallest absolute Gasteiger partial charge is 0.239 e. The molecule has 0 radical (unpaired) electrons. The SMILES string of the molecule is CCN(CC(=O)NC(C)C)C(=O)C1(c2cccc(F)c2)CCCC1. The predicted octanol–water partition coefficient (Wildman–Crippen LogP) is 3.01. The van der Waals surface area contributed by atoms with Crippen LogP contribution in [0.4, 0.5) is 4.39 Å². The molecule has 0 aromatic heterocycles. The fourth-order valence-corrected chi connectivity index (χ4v) is 3.56. The molecule has 2 amide bonds. The van der Waals surface area contributed by atoms with Crippen LogP contribution in [0.3, 0.4) is 0 Å². The summed E-state index contributed by atoms with van der Waals surface area (Å²) < 4.78 is 13.7. The van der Waals surface area contributed by atoms with Crippen molar-refractivity contribution in [1.82, 2.24) is 10.2 Å². The standard InChI is InChI=1S/C19H27FN2O2/c1-4-22(13-17(23)21-14(2)3)18(24)19(10-5-6-11-19)15-8-7-9-16(20)12-15/h7-9,12,14H,4-6,10-11,13H2,1-3H3,(H,21,23). The van der Waals surface area contributed by atoms with Crippen LogP contribution < -0.4 is 5.32 Å². The van der Waals surface area contributed by atoms with E-state index in [0.29, 0.717) is 19.4 Å². The van der Waals surface area contributed by atoms with Gasteiger partial charge in [-0.25, -0.2) is 4.39 Å². The van der Waals surface area contributed by atoms with Crippen molar-refractivity contribution in [2.24, 2.45) is 0 Å². The Bertz CT molecular complexity index is 595. The first-order chi connectivity index (χ1) is 11.4. The van der Waals surface area contributed by atoms with Gasteiger partial charge in [-0.15, -0.1) is 0 Å². The van der Waals surface area contributed by atoms with Crippen LogP contribution in [0.5, 0.6) is 0 Å². The Kier molecular flexibility index (Phi) is 5.97. The minimum Gasteiger partial charge on any atom is -0.352 e. The highest BCUT2D eigenvalue weighted by Gasteiger charge is 2.45. The molecule has 1 saturated carbocycles. The van der Waals surface area contributed by atoms with E-state index in [1.54, 1.807) is 11.0 Å². The summed E-state index contributed by atoms with van der Waals surface area (Å²) in [6.45, 7) is 6.16. The number of halogens is 1. The quantitative estimate of drug-likeness (QED) is 0.869. The number of likely N-dealkylation sites (N-methyl/N-ethyl adjacent to an activating group) is 1. The van der Waals surface area contributed by atoms with E-state index in [9.17, 15) is 14.0 Å². The van der Waals surface area contributed by atoms with Gasteiger partial charge in [-0.05, 0) is 51.3 Å². The van der Waals surface area contributed by atoms with E-state index >= 15 is 0 Å². The van der Waals surface area contributed by atoms with Crippen LogP contribution in [0.15, 0.2) is 24.3 Å². The molecule has 5 heteroatoms. The Balaban J connectivity index is 2.26. The van der Waals surface area contributed by atoms with Crippen molar-refractivity contribution in [2.45, 2.75) is 57.9 Å². The second-order valence-corrected chi connectivity index (χ2v) is 6.84. The summed E-state index contributed by atoms with van der Waals surface area (Å²) in [6.07, 6.45) is 3.30. The number of hydrogen-bond acceptors (Lipinski definition) is 2. The highest BCUT2D eigenvalue weighted by Crippen LogP contribution is 2.42. The molecule has 0 spiro atoms. The molecule has 1 aliphatic rings. The van der Waals surface area contributed by atoms with Gasteiger partial charge in [0.2, 0.25) is 11.8 Å². The van der Waals surface area contributed by atoms with E-state index in [4.69, 9.17) is 0 Å². The third kappa shape index (κ3) is 3.94. The number of nitrogens with one attached hydrogen (secondary N) is 1. The molecule has 132 valence electrons. The number of amides is 2. The third-order valence-corrected chi connectivity index (χ3v) is 4.70. The molecule has 4 nitrogen and oxygen atoms in total. The molecule has 1 fully saturated rings. The number of benzene rings is 1. The summed E-state index contributed by atoms with van der Waals surface area (Å²) in [5, 5.41) is 2.82. The van der Waals surface area contributed by atoms with Gasteiger partial charge >= 0.3 is 0 Å². The van der Waals surface area contributed by atoms with Crippen LogP contribution in [0.2, 0.25) is 0 Å². The van der Waals surface area contributed by atoms with Crippen LogP contribution in [0.25, 0.3) is 0 Å². The van der Waals surface area contributed by atoms with Crippen molar-refractivity contribution in [3.63, 3.8) is 0 Å². The van der Waals surface area contributed by atoms with Gasteiger partial charge in [-0.3, -0.25) is 9.59 Å². The third-order valence-electron chi connectivity index (χ3n) is 4.70. The van der Waals surface area contributed by atoms with Gasteiger partial charge in [0.15, 0.2) is 0 Å². The molecule has 0 atom stereocenters. The Morgan fingerprint density at radius 2 is 1.96 bits per heavy atom. The maximum Gasteiger partial charge on any atom is 0.239 e. The molecular weight excluding hydrogens is 307 g/mol. The molecular formula is C19H27FN2O2. The van der Waals surface area contributed by atoms with Crippen molar-refractivity contribution in [3.8, 4) is 0 Å². The van der Waals surface area contributed by atoms with Gasteiger partial charge in [0, 0.05) is 12.6 Å². The average Bonchev–Trinajstić information content (AvgIpc) is 3.02. The van der Waals surface area contributed by atoms with Crippen molar-refractivity contribution >= 4 is 11.8 Å². The molecule has 0 aliphatic heterocycles. The van der Waals surface area contributed by atoms with Crippen molar-refractivity contribution in [3.05, 3.63) is 35.6 Å². The molecule has 1 aromatic carbocycles. The van der Waals surface area contributed by atoms with Crippen LogP contribution in [-0.4, -0.2) is 35.8 Å². The molecule has 2 rings (SSSR count). The fourth-order valence-electron chi connectivity index (χ4n) is 3.56. The van der Waals surface area contributed by atoms with Crippen LogP contribution in [0, 0.1) is 5.82 Å². The van der Waals surface area contributed by atoms with Gasteiger partial charge in [-0.1, -0.05) is 25.0 Å². The van der Waals surface area contributed by atoms with E-state index in [-0.39, 0.29) is 30.2 Å². The zero-order valence-corrected chi connectivity index (χ0v) is 14.8. The molecule has 0 heterocycles. The summed E-state index contributed by atoms with van der Waals surface area (Å²) in [6, 6.07) is 6.37. The number of carbonyl (C=O) groups is 2. The van der Waals surface area contributed by atoms with Gasteiger partial charge in [-0.2, -0.15) is 0 Å². The molecule has 0 bridgehead atoms. The monoisotopic (exact) mass is 334 g/mol. The summed E-state index contributed by atoms with van der Waals surface area (Å²) in [5.74, 6) is -0.549. The zero-order chi connectivity index (χ0) is 17.7. The molecule has 1 N–H and O–H groups in total. The van der Waals surface area contributed by atoms with E-state index in [2.05, 4.69) is 5.32 Å². The summed E-state index contributed by atoms with van der Waals surface area (Å²) in [4.78, 5) is 26.9. The van der Waals surface area contributed by atoms with Gasteiger partial charge < -0.3 is 10.2 Å². The fraction of sp³-hybridized carbons (Fsp3) is 0.579. The Morgan fingerprint density at radius 1 is 1.29 bits per heavy atom. The number of hydrogen-bond donors (Lipinski definition) is 1. The average molecular weight is 334 g/mol. The van der Waals surface area contributed by atoms with Crippen molar-refractivity contribution < 1.29 is 14.0 Å². The summed E-state index contributed by atoms with van der Waals surface area (Å²) in [7, 11) is 0. The second-order valence-electron chi connectivity index (χ2n) is 6.84. The number of carbonyl (C=O) groups excluding carboxylic acids is 2. The van der Waals surface area contributed by atoms with Crippen molar-refractivity contribution in [2.75, 3.05) is 13.1 Å². The van der Waals surface area contributed by atoms with E-state index < -0.39 is 5.41 Å². The Labute approximate surface area is 143 Å². The molecule has 1 aromatic rings. The summed E-state index contributed by atoms with van der Waals surface area (Å²) in [5.41, 5.74) is 0.0312. The van der Waals surface area contributed by atoms with E-state index in [0.717, 1.165) is 18.4 Å². The van der Waals surface area contributed by atoms with E-state index in [1.165, 1.54) is 12.1 Å². The van der Waals surface area contributed by atoms with Crippen LogP contribution >= 0.6 is 0 Å². The molecule has 24 heavy (non-hydrogen) atoms. The molecule has 0 saturated heterocycles. The minimum atomic E-state index is -0.698. The first-order valence-corrected chi connectivity index (χ1v) is 8.74. The highest BCUT2D eigenvalue weighted by atomic mass is 19.1. The second kappa shape index (κ2) is 7.77. The van der Waals surface area contributed by atoms with Gasteiger partial charge in [0.25, 0.3) is 0 Å². The van der Waals surface area contributed by atoms with Gasteiger partial charge in [0.05, 0.1) is 12.0 Å². The maximum absolute atomic E-state index is 13.7. The predicted molar refractivity (Wildman–Crippen MR) is 92.1 cm³/mol. The highest BCUT2D eigenvalue weighted by molar-refractivity contribution is 5.92. The lowest BCUT2D eigenvalue weighted by molar-refractivity contribution is -0.140. The normalized spacial score (nSPS) is 16.2. The van der Waals surface area contributed by atoms with Crippen LogP contribution in [-0.2, 0) is 15.0 Å². The topological polar surface area (TPSA) is 49.4 Å².